The number of hydrogen-bond acceptors (Lipinski definition) is 3. The summed E-state index contributed by atoms with van der Waals surface area (Å²) in [6, 6.07) is 5.52. The Morgan fingerprint density at radius 1 is 1.27 bits per heavy atom. The summed E-state index contributed by atoms with van der Waals surface area (Å²) in [5.41, 5.74) is 1.77. The number of allylic oxidation sites excluding steroid dienone is 1. The fourth-order valence-corrected chi connectivity index (χ4v) is 6.85. The van der Waals surface area contributed by atoms with Gasteiger partial charge in [-0.1, -0.05) is 55.1 Å². The lowest BCUT2D eigenvalue weighted by atomic mass is 9.59. The molecule has 2 fully saturated rings. The molecular weight excluding hydrogens is 387 g/mol. The maximum absolute atomic E-state index is 12.6. The van der Waals surface area contributed by atoms with Gasteiger partial charge >= 0.3 is 5.97 Å². The van der Waals surface area contributed by atoms with Gasteiger partial charge in [-0.3, -0.25) is 4.79 Å². The second-order valence-corrected chi connectivity index (χ2v) is 10.2. The van der Waals surface area contributed by atoms with Gasteiger partial charge in [0.1, 0.15) is 6.10 Å². The first-order valence-corrected chi connectivity index (χ1v) is 11.1. The average molecular weight is 411 g/mol. The molecule has 5 heteroatoms. The van der Waals surface area contributed by atoms with Gasteiger partial charge in [-0.15, -0.1) is 11.8 Å². The van der Waals surface area contributed by atoms with Crippen molar-refractivity contribution >= 4 is 40.9 Å². The Hall–Kier alpha value is -0.640. The maximum Gasteiger partial charge on any atom is 0.310 e. The molecule has 0 N–H and O–H groups in total. The first-order chi connectivity index (χ1) is 12.4. The second-order valence-electron chi connectivity index (χ2n) is 8.26. The standard InChI is InChI=1S/C21H24Cl2O2S/c1-12-4-3-5-21(2)10-19-16(9-18(12)21)17(20(24)25-19)11-26-15-7-13(22)6-14(23)8-15/h6-9,12,16-17,19H,3-5,10-11H2,1-2H3. The highest BCUT2D eigenvalue weighted by Crippen LogP contribution is 2.54. The van der Waals surface area contributed by atoms with Crippen LogP contribution in [0, 0.1) is 23.2 Å². The molecule has 5 atom stereocenters. The Balaban J connectivity index is 1.55. The van der Waals surface area contributed by atoms with Crippen molar-refractivity contribution in [3.05, 3.63) is 39.9 Å². The Labute approximate surface area is 169 Å². The Morgan fingerprint density at radius 2 is 2.00 bits per heavy atom. The molecule has 140 valence electrons. The van der Waals surface area contributed by atoms with Crippen LogP contribution in [0.5, 0.6) is 0 Å². The molecule has 1 aromatic rings. The Bertz CT molecular complexity index is 742. The molecule has 0 radical (unpaired) electrons. The van der Waals surface area contributed by atoms with E-state index in [4.69, 9.17) is 27.9 Å². The molecule has 0 amide bonds. The predicted octanol–water partition coefficient (Wildman–Crippen LogP) is 6.40. The van der Waals surface area contributed by atoms with Crippen molar-refractivity contribution in [3.8, 4) is 0 Å². The fraction of sp³-hybridized carbons (Fsp3) is 0.571. The Kier molecular flexibility index (Phi) is 5.09. The van der Waals surface area contributed by atoms with E-state index in [9.17, 15) is 4.79 Å². The summed E-state index contributed by atoms with van der Waals surface area (Å²) >= 11 is 13.8. The minimum Gasteiger partial charge on any atom is -0.461 e. The van der Waals surface area contributed by atoms with Gasteiger partial charge in [0.05, 0.1) is 5.92 Å². The number of hydrogen-bond donors (Lipinski definition) is 0. The van der Waals surface area contributed by atoms with E-state index < -0.39 is 0 Å². The van der Waals surface area contributed by atoms with E-state index in [2.05, 4.69) is 19.9 Å². The zero-order valence-electron chi connectivity index (χ0n) is 15.1. The summed E-state index contributed by atoms with van der Waals surface area (Å²) < 4.78 is 5.81. The van der Waals surface area contributed by atoms with Gasteiger partial charge in [0.15, 0.2) is 0 Å². The Morgan fingerprint density at radius 3 is 2.73 bits per heavy atom. The molecule has 2 nitrogen and oxygen atoms in total. The normalized spacial score (nSPS) is 36.2. The quantitative estimate of drug-likeness (QED) is 0.327. The molecule has 26 heavy (non-hydrogen) atoms. The van der Waals surface area contributed by atoms with Crippen molar-refractivity contribution in [2.45, 2.75) is 50.5 Å². The van der Waals surface area contributed by atoms with E-state index in [1.165, 1.54) is 19.3 Å². The van der Waals surface area contributed by atoms with Gasteiger partial charge in [-0.2, -0.15) is 0 Å². The van der Waals surface area contributed by atoms with Gasteiger partial charge in [-0.05, 0) is 48.8 Å². The zero-order chi connectivity index (χ0) is 18.5. The minimum atomic E-state index is -0.0890. The van der Waals surface area contributed by atoms with E-state index in [-0.39, 0.29) is 29.3 Å². The summed E-state index contributed by atoms with van der Waals surface area (Å²) in [5.74, 6) is 1.38. The maximum atomic E-state index is 12.6. The van der Waals surface area contributed by atoms with Gasteiger partial charge in [-0.25, -0.2) is 0 Å². The van der Waals surface area contributed by atoms with Gasteiger partial charge in [0, 0.05) is 26.6 Å². The van der Waals surface area contributed by atoms with E-state index in [1.807, 2.05) is 12.1 Å². The van der Waals surface area contributed by atoms with Crippen molar-refractivity contribution in [1.82, 2.24) is 0 Å². The molecule has 1 saturated heterocycles. The van der Waals surface area contributed by atoms with Crippen LogP contribution in [0.2, 0.25) is 10.0 Å². The SMILES string of the molecule is CC1CCCC2(C)CC3OC(=O)C(CSc4cc(Cl)cc(Cl)c4)C3C=C12. The molecule has 1 saturated carbocycles. The summed E-state index contributed by atoms with van der Waals surface area (Å²) in [5, 5.41) is 1.25. The number of carbonyl (C=O) groups excluding carboxylic acids is 1. The van der Waals surface area contributed by atoms with Gasteiger partial charge in [0.2, 0.25) is 0 Å². The topological polar surface area (TPSA) is 26.3 Å². The highest BCUT2D eigenvalue weighted by molar-refractivity contribution is 7.99. The average Bonchev–Trinajstić information content (AvgIpc) is 2.84. The van der Waals surface area contributed by atoms with E-state index >= 15 is 0 Å². The van der Waals surface area contributed by atoms with Crippen LogP contribution < -0.4 is 0 Å². The summed E-state index contributed by atoms with van der Waals surface area (Å²) in [4.78, 5) is 13.6. The lowest BCUT2D eigenvalue weighted by molar-refractivity contribution is -0.144. The summed E-state index contributed by atoms with van der Waals surface area (Å²) in [7, 11) is 0. The molecule has 1 aliphatic heterocycles. The van der Waals surface area contributed by atoms with Crippen LogP contribution in [0.4, 0.5) is 0 Å². The van der Waals surface area contributed by atoms with E-state index in [0.29, 0.717) is 21.7 Å². The van der Waals surface area contributed by atoms with Crippen molar-refractivity contribution in [2.75, 3.05) is 5.75 Å². The van der Waals surface area contributed by atoms with Crippen molar-refractivity contribution in [3.63, 3.8) is 0 Å². The number of carbonyl (C=O) groups is 1. The van der Waals surface area contributed by atoms with Crippen LogP contribution in [-0.2, 0) is 9.53 Å². The molecule has 0 bridgehead atoms. The first kappa shape index (κ1) is 18.7. The van der Waals surface area contributed by atoms with Crippen LogP contribution in [0.1, 0.15) is 39.5 Å². The van der Waals surface area contributed by atoms with Crippen LogP contribution in [0.25, 0.3) is 0 Å². The lowest BCUT2D eigenvalue weighted by Gasteiger charge is -2.46. The van der Waals surface area contributed by atoms with Gasteiger partial charge in [0.25, 0.3) is 0 Å². The van der Waals surface area contributed by atoms with Crippen molar-refractivity contribution in [2.24, 2.45) is 23.2 Å². The molecule has 3 aliphatic rings. The largest absolute Gasteiger partial charge is 0.461 e. The van der Waals surface area contributed by atoms with Crippen LogP contribution >= 0.6 is 35.0 Å². The third-order valence-corrected chi connectivity index (χ3v) is 7.88. The number of ether oxygens (including phenoxy) is 1. The highest BCUT2D eigenvalue weighted by Gasteiger charge is 2.51. The first-order valence-electron chi connectivity index (χ1n) is 9.37. The number of halogens is 2. The van der Waals surface area contributed by atoms with Crippen molar-refractivity contribution in [1.29, 1.82) is 0 Å². The molecular formula is C21H24Cl2O2S. The highest BCUT2D eigenvalue weighted by atomic mass is 35.5. The number of fused-ring (bicyclic) bond motifs is 2. The third-order valence-electron chi connectivity index (χ3n) is 6.35. The molecule has 2 aliphatic carbocycles. The van der Waals surface area contributed by atoms with Crippen LogP contribution in [0.3, 0.4) is 0 Å². The number of esters is 1. The molecule has 4 rings (SSSR count). The predicted molar refractivity (Wildman–Crippen MR) is 108 cm³/mol. The van der Waals surface area contributed by atoms with Crippen LogP contribution in [0.15, 0.2) is 34.7 Å². The second kappa shape index (κ2) is 7.07. The number of thioether (sulfide) groups is 1. The van der Waals surface area contributed by atoms with E-state index in [0.717, 1.165) is 11.3 Å². The van der Waals surface area contributed by atoms with Crippen LogP contribution in [-0.4, -0.2) is 17.8 Å². The number of benzene rings is 1. The molecule has 5 unspecified atom stereocenters. The summed E-state index contributed by atoms with van der Waals surface area (Å²) in [6.45, 7) is 4.69. The van der Waals surface area contributed by atoms with E-state index in [1.54, 1.807) is 23.4 Å². The smallest absolute Gasteiger partial charge is 0.310 e. The van der Waals surface area contributed by atoms with Crippen molar-refractivity contribution < 1.29 is 9.53 Å². The fourth-order valence-electron chi connectivity index (χ4n) is 5.04. The number of rotatable bonds is 3. The molecule has 0 spiro atoms. The third kappa shape index (κ3) is 3.43. The zero-order valence-corrected chi connectivity index (χ0v) is 17.5. The minimum absolute atomic E-state index is 0.0371. The lowest BCUT2D eigenvalue weighted by Crippen LogP contribution is -2.39. The summed E-state index contributed by atoms with van der Waals surface area (Å²) in [6.07, 6.45) is 7.16. The van der Waals surface area contributed by atoms with Gasteiger partial charge < -0.3 is 4.74 Å². The molecule has 1 heterocycles. The monoisotopic (exact) mass is 410 g/mol. The molecule has 1 aromatic carbocycles. The molecule has 0 aromatic heterocycles.